The maximum Gasteiger partial charge on any atom is 0.194 e. The summed E-state index contributed by atoms with van der Waals surface area (Å²) in [5, 5.41) is 1.78. The number of nitrogens with zero attached hydrogens (tertiary/aromatic N) is 1. The van der Waals surface area contributed by atoms with Crippen LogP contribution in [-0.2, 0) is 0 Å². The van der Waals surface area contributed by atoms with Crippen molar-refractivity contribution in [2.75, 3.05) is 0 Å². The van der Waals surface area contributed by atoms with Crippen LogP contribution >= 0.6 is 23.2 Å². The summed E-state index contributed by atoms with van der Waals surface area (Å²) >= 11 is 11.9. The summed E-state index contributed by atoms with van der Waals surface area (Å²) < 4.78 is 0. The summed E-state index contributed by atoms with van der Waals surface area (Å²) in [6, 6.07) is 14.0. The molecule has 0 bridgehead atoms. The van der Waals surface area contributed by atoms with Gasteiger partial charge in [-0.1, -0.05) is 29.3 Å². The van der Waals surface area contributed by atoms with Gasteiger partial charge in [0.2, 0.25) is 0 Å². The van der Waals surface area contributed by atoms with E-state index in [1.165, 1.54) is 0 Å². The number of fused-ring (bicyclic) bond motifs is 1. The summed E-state index contributed by atoms with van der Waals surface area (Å²) in [5.74, 6) is -0.127. The van der Waals surface area contributed by atoms with E-state index in [1.54, 1.807) is 30.5 Å². The Hall–Kier alpha value is -1.90. The number of hydrogen-bond acceptors (Lipinski definition) is 2. The van der Waals surface area contributed by atoms with Crippen molar-refractivity contribution >= 4 is 39.9 Å². The van der Waals surface area contributed by atoms with Crippen LogP contribution < -0.4 is 0 Å². The zero-order chi connectivity index (χ0) is 14.1. The van der Waals surface area contributed by atoms with Gasteiger partial charge in [-0.3, -0.25) is 9.78 Å². The second kappa shape index (κ2) is 5.23. The Labute approximate surface area is 126 Å². The lowest BCUT2D eigenvalue weighted by molar-refractivity contribution is 0.103. The minimum Gasteiger partial charge on any atom is -0.289 e. The Morgan fingerprint density at radius 2 is 1.85 bits per heavy atom. The average molecular weight is 302 g/mol. The van der Waals surface area contributed by atoms with Gasteiger partial charge in [0, 0.05) is 27.7 Å². The molecular weight excluding hydrogens is 293 g/mol. The van der Waals surface area contributed by atoms with E-state index in [-0.39, 0.29) is 5.78 Å². The number of carbonyl (C=O) groups excluding carboxylic acids is 1. The molecule has 3 aromatic rings. The minimum absolute atomic E-state index is 0.127. The number of aromatic nitrogens is 1. The molecule has 2 aromatic carbocycles. The van der Waals surface area contributed by atoms with Gasteiger partial charge in [-0.2, -0.15) is 0 Å². The van der Waals surface area contributed by atoms with E-state index in [1.807, 2.05) is 24.3 Å². The second-order valence-corrected chi connectivity index (χ2v) is 5.21. The van der Waals surface area contributed by atoms with Crippen molar-refractivity contribution in [1.82, 2.24) is 4.98 Å². The molecular formula is C16H9Cl2NO. The van der Waals surface area contributed by atoms with Crippen molar-refractivity contribution in [2.24, 2.45) is 0 Å². The molecule has 0 spiro atoms. The lowest BCUT2D eigenvalue weighted by atomic mass is 10.0. The molecule has 0 aliphatic rings. The van der Waals surface area contributed by atoms with Gasteiger partial charge in [0.15, 0.2) is 5.78 Å². The molecule has 0 aliphatic carbocycles. The Kier molecular flexibility index (Phi) is 3.43. The predicted molar refractivity (Wildman–Crippen MR) is 81.6 cm³/mol. The lowest BCUT2D eigenvalue weighted by Crippen LogP contribution is -2.02. The molecule has 0 aliphatic heterocycles. The van der Waals surface area contributed by atoms with Gasteiger partial charge in [-0.05, 0) is 42.5 Å². The van der Waals surface area contributed by atoms with Crippen molar-refractivity contribution in [3.05, 3.63) is 75.9 Å². The third-order valence-electron chi connectivity index (χ3n) is 3.04. The van der Waals surface area contributed by atoms with Crippen LogP contribution in [0.15, 0.2) is 54.7 Å². The molecule has 0 saturated carbocycles. The van der Waals surface area contributed by atoms with Crippen LogP contribution in [0.3, 0.4) is 0 Å². The van der Waals surface area contributed by atoms with E-state index in [9.17, 15) is 4.79 Å². The molecule has 98 valence electrons. The first-order valence-electron chi connectivity index (χ1n) is 6.00. The normalized spacial score (nSPS) is 10.7. The van der Waals surface area contributed by atoms with Gasteiger partial charge < -0.3 is 0 Å². The maximum atomic E-state index is 12.5. The van der Waals surface area contributed by atoms with Crippen LogP contribution in [0, 0.1) is 0 Å². The van der Waals surface area contributed by atoms with Crippen molar-refractivity contribution in [3.63, 3.8) is 0 Å². The molecule has 0 amide bonds. The van der Waals surface area contributed by atoms with E-state index in [0.29, 0.717) is 21.2 Å². The van der Waals surface area contributed by atoms with Gasteiger partial charge in [0.25, 0.3) is 0 Å². The topological polar surface area (TPSA) is 30.0 Å². The molecule has 20 heavy (non-hydrogen) atoms. The van der Waals surface area contributed by atoms with E-state index in [0.717, 1.165) is 10.9 Å². The molecule has 0 fully saturated rings. The zero-order valence-corrected chi connectivity index (χ0v) is 11.8. The van der Waals surface area contributed by atoms with Crippen molar-refractivity contribution in [2.45, 2.75) is 0 Å². The maximum absolute atomic E-state index is 12.5. The van der Waals surface area contributed by atoms with Crippen molar-refractivity contribution in [1.29, 1.82) is 0 Å². The van der Waals surface area contributed by atoms with Gasteiger partial charge in [0.1, 0.15) is 0 Å². The monoisotopic (exact) mass is 301 g/mol. The Morgan fingerprint density at radius 1 is 1.00 bits per heavy atom. The number of hydrogen-bond donors (Lipinski definition) is 0. The molecule has 0 atom stereocenters. The van der Waals surface area contributed by atoms with Gasteiger partial charge in [-0.25, -0.2) is 0 Å². The van der Waals surface area contributed by atoms with Crippen LogP contribution in [0.25, 0.3) is 10.9 Å². The van der Waals surface area contributed by atoms with Crippen LogP contribution in [-0.4, -0.2) is 10.8 Å². The quantitative estimate of drug-likeness (QED) is 0.638. The lowest BCUT2D eigenvalue weighted by Gasteiger charge is -2.05. The molecule has 1 heterocycles. The number of benzene rings is 2. The fraction of sp³-hybridized carbons (Fsp3) is 0. The van der Waals surface area contributed by atoms with Crippen LogP contribution in [0.1, 0.15) is 15.9 Å². The van der Waals surface area contributed by atoms with Crippen LogP contribution in [0.2, 0.25) is 10.0 Å². The average Bonchev–Trinajstić information content (AvgIpc) is 2.46. The highest BCUT2D eigenvalue weighted by Gasteiger charge is 2.13. The third kappa shape index (κ3) is 2.40. The van der Waals surface area contributed by atoms with E-state index < -0.39 is 0 Å². The summed E-state index contributed by atoms with van der Waals surface area (Å²) in [7, 11) is 0. The molecule has 4 heteroatoms. The predicted octanol–water partition coefficient (Wildman–Crippen LogP) is 4.77. The molecule has 2 nitrogen and oxygen atoms in total. The number of ketones is 1. The fourth-order valence-electron chi connectivity index (χ4n) is 2.05. The van der Waals surface area contributed by atoms with Crippen LogP contribution in [0.4, 0.5) is 0 Å². The smallest absolute Gasteiger partial charge is 0.194 e. The highest BCUT2D eigenvalue weighted by atomic mass is 35.5. The summed E-state index contributed by atoms with van der Waals surface area (Å²) in [6.07, 6.45) is 1.72. The minimum atomic E-state index is -0.127. The largest absolute Gasteiger partial charge is 0.289 e. The first-order valence-corrected chi connectivity index (χ1v) is 6.75. The van der Waals surface area contributed by atoms with Crippen molar-refractivity contribution < 1.29 is 4.79 Å². The molecule has 0 saturated heterocycles. The SMILES string of the molecule is O=C(c1ccc2ncccc2c1)c1ccc(Cl)cc1Cl. The molecule has 3 rings (SSSR count). The van der Waals surface area contributed by atoms with Gasteiger partial charge in [0.05, 0.1) is 10.5 Å². The first-order chi connectivity index (χ1) is 9.65. The summed E-state index contributed by atoms with van der Waals surface area (Å²) in [4.78, 5) is 16.7. The molecule has 0 radical (unpaired) electrons. The molecule has 0 unspecified atom stereocenters. The van der Waals surface area contributed by atoms with Crippen LogP contribution in [0.5, 0.6) is 0 Å². The number of pyridine rings is 1. The summed E-state index contributed by atoms with van der Waals surface area (Å²) in [5.41, 5.74) is 1.88. The third-order valence-corrected chi connectivity index (χ3v) is 3.59. The fourth-order valence-corrected chi connectivity index (χ4v) is 2.54. The zero-order valence-electron chi connectivity index (χ0n) is 10.3. The van der Waals surface area contributed by atoms with E-state index in [4.69, 9.17) is 23.2 Å². The first kappa shape index (κ1) is 13.1. The highest BCUT2D eigenvalue weighted by molar-refractivity contribution is 6.37. The number of carbonyl (C=O) groups is 1. The second-order valence-electron chi connectivity index (χ2n) is 4.36. The Morgan fingerprint density at radius 3 is 2.65 bits per heavy atom. The van der Waals surface area contributed by atoms with Gasteiger partial charge in [-0.15, -0.1) is 0 Å². The molecule has 1 aromatic heterocycles. The summed E-state index contributed by atoms with van der Waals surface area (Å²) in [6.45, 7) is 0. The van der Waals surface area contributed by atoms with Gasteiger partial charge >= 0.3 is 0 Å². The Bertz CT molecular complexity index is 814. The highest BCUT2D eigenvalue weighted by Crippen LogP contribution is 2.24. The number of halogens is 2. The Balaban J connectivity index is 2.08. The number of rotatable bonds is 2. The molecule has 0 N–H and O–H groups in total. The standard InChI is InChI=1S/C16H9Cl2NO/c17-12-4-5-13(14(18)9-12)16(20)11-3-6-15-10(8-11)2-1-7-19-15/h1-9H. The van der Waals surface area contributed by atoms with E-state index >= 15 is 0 Å². The van der Waals surface area contributed by atoms with E-state index in [2.05, 4.69) is 4.98 Å². The van der Waals surface area contributed by atoms with Crippen molar-refractivity contribution in [3.8, 4) is 0 Å².